The van der Waals surface area contributed by atoms with Gasteiger partial charge in [0.05, 0.1) is 18.2 Å². The summed E-state index contributed by atoms with van der Waals surface area (Å²) in [7, 11) is 0. The lowest BCUT2D eigenvalue weighted by molar-refractivity contribution is -0.146. The van der Waals surface area contributed by atoms with Crippen molar-refractivity contribution in [3.05, 3.63) is 0 Å². The summed E-state index contributed by atoms with van der Waals surface area (Å²) < 4.78 is 0. The molecule has 0 radical (unpaired) electrons. The summed E-state index contributed by atoms with van der Waals surface area (Å²) in [6.07, 6.45) is -1.45. The molecule has 32 heavy (non-hydrogen) atoms. The number of rotatable bonds is 15. The Morgan fingerprint density at radius 2 is 1.38 bits per heavy atom. The Labute approximate surface area is 189 Å². The first-order chi connectivity index (χ1) is 14.8. The largest absolute Gasteiger partial charge is 0.481 e. The number of aliphatic hydroxyl groups excluding tert-OH is 2. The van der Waals surface area contributed by atoms with Gasteiger partial charge in [-0.25, -0.2) is 4.79 Å². The Kier molecular flexibility index (Phi) is 13.5. The number of amides is 3. The molecule has 14 heteroatoms. The SMILES string of the molecule is CSCCC(NC(=O)C(N)CCC(=O)O)C(=O)NC(C(=O)NC(C(=O)O)C(C)O)C(C)O. The van der Waals surface area contributed by atoms with Gasteiger partial charge in [-0.05, 0) is 38.7 Å². The van der Waals surface area contributed by atoms with Crippen molar-refractivity contribution in [3.63, 3.8) is 0 Å². The normalized spacial score (nSPS) is 16.6. The van der Waals surface area contributed by atoms with Crippen LogP contribution in [0.5, 0.6) is 0 Å². The van der Waals surface area contributed by atoms with E-state index in [1.54, 1.807) is 6.26 Å². The van der Waals surface area contributed by atoms with Gasteiger partial charge in [0, 0.05) is 6.42 Å². The second-order valence-corrected chi connectivity index (χ2v) is 8.16. The maximum atomic E-state index is 12.7. The number of thioether (sulfide) groups is 1. The van der Waals surface area contributed by atoms with Crippen LogP contribution in [0.1, 0.15) is 33.1 Å². The van der Waals surface area contributed by atoms with Crippen LogP contribution < -0.4 is 21.7 Å². The molecule has 0 fully saturated rings. The fraction of sp³-hybridized carbons (Fsp3) is 0.722. The first-order valence-corrected chi connectivity index (χ1v) is 11.2. The van der Waals surface area contributed by atoms with Gasteiger partial charge in [-0.15, -0.1) is 0 Å². The lowest BCUT2D eigenvalue weighted by Crippen LogP contribution is -2.61. The van der Waals surface area contributed by atoms with Gasteiger partial charge in [0.1, 0.15) is 12.1 Å². The van der Waals surface area contributed by atoms with Crippen molar-refractivity contribution in [3.8, 4) is 0 Å². The minimum absolute atomic E-state index is 0.143. The number of carbonyl (C=O) groups excluding carboxylic acids is 3. The highest BCUT2D eigenvalue weighted by atomic mass is 32.2. The van der Waals surface area contributed by atoms with E-state index in [-0.39, 0.29) is 19.3 Å². The van der Waals surface area contributed by atoms with Crippen molar-refractivity contribution in [2.24, 2.45) is 5.73 Å². The minimum atomic E-state index is -1.67. The number of hydrogen-bond acceptors (Lipinski definition) is 9. The predicted octanol–water partition coefficient (Wildman–Crippen LogP) is -2.77. The zero-order valence-electron chi connectivity index (χ0n) is 18.1. The van der Waals surface area contributed by atoms with E-state index < -0.39 is 66.0 Å². The number of aliphatic hydroxyl groups is 2. The third-order valence-electron chi connectivity index (χ3n) is 4.36. The number of carboxylic acid groups (broad SMARTS) is 2. The Morgan fingerprint density at radius 1 is 0.844 bits per heavy atom. The van der Waals surface area contributed by atoms with E-state index in [0.29, 0.717) is 5.75 Å². The topological polar surface area (TPSA) is 228 Å². The van der Waals surface area contributed by atoms with Crippen molar-refractivity contribution >= 4 is 41.4 Å². The smallest absolute Gasteiger partial charge is 0.328 e. The highest BCUT2D eigenvalue weighted by molar-refractivity contribution is 7.98. The Morgan fingerprint density at radius 3 is 1.81 bits per heavy atom. The van der Waals surface area contributed by atoms with E-state index in [4.69, 9.17) is 15.9 Å². The van der Waals surface area contributed by atoms with Crippen LogP contribution in [0.3, 0.4) is 0 Å². The molecule has 184 valence electrons. The zero-order chi connectivity index (χ0) is 25.0. The van der Waals surface area contributed by atoms with Crippen LogP contribution in [-0.4, -0.2) is 98.5 Å². The first kappa shape index (κ1) is 29.6. The molecule has 0 saturated carbocycles. The van der Waals surface area contributed by atoms with Gasteiger partial charge >= 0.3 is 11.9 Å². The molecule has 0 aromatic carbocycles. The zero-order valence-corrected chi connectivity index (χ0v) is 18.9. The average Bonchev–Trinajstić information content (AvgIpc) is 2.69. The molecule has 0 rings (SSSR count). The van der Waals surface area contributed by atoms with Crippen molar-refractivity contribution in [1.29, 1.82) is 0 Å². The molecule has 6 atom stereocenters. The van der Waals surface area contributed by atoms with Crippen LogP contribution in [0.25, 0.3) is 0 Å². The van der Waals surface area contributed by atoms with Crippen molar-refractivity contribution in [1.82, 2.24) is 16.0 Å². The maximum Gasteiger partial charge on any atom is 0.328 e. The van der Waals surface area contributed by atoms with Gasteiger partial charge in [0.25, 0.3) is 0 Å². The van der Waals surface area contributed by atoms with Gasteiger partial charge in [-0.3, -0.25) is 19.2 Å². The van der Waals surface area contributed by atoms with Crippen LogP contribution in [0.2, 0.25) is 0 Å². The van der Waals surface area contributed by atoms with Crippen molar-refractivity contribution in [2.45, 2.75) is 69.5 Å². The fourth-order valence-electron chi connectivity index (χ4n) is 2.48. The van der Waals surface area contributed by atoms with E-state index in [1.165, 1.54) is 18.7 Å². The molecule has 0 aliphatic carbocycles. The maximum absolute atomic E-state index is 12.7. The quantitative estimate of drug-likeness (QED) is 0.120. The minimum Gasteiger partial charge on any atom is -0.481 e. The molecular formula is C18H32N4O9S. The highest BCUT2D eigenvalue weighted by Crippen LogP contribution is 2.05. The van der Waals surface area contributed by atoms with Gasteiger partial charge < -0.3 is 42.1 Å². The standard InChI is InChI=1S/C18H32N4O9S/c1-8(23)13(17(29)22-14(9(2)24)18(30)31)21-16(28)11(6-7-32-3)20-15(27)10(19)4-5-12(25)26/h8-11,13-14,23-24H,4-7,19H2,1-3H3,(H,20,27)(H,21,28)(H,22,29)(H,25,26)(H,30,31). The second-order valence-electron chi connectivity index (χ2n) is 7.17. The van der Waals surface area contributed by atoms with Crippen molar-refractivity contribution in [2.75, 3.05) is 12.0 Å². The van der Waals surface area contributed by atoms with Crippen LogP contribution in [0.15, 0.2) is 0 Å². The summed E-state index contributed by atoms with van der Waals surface area (Å²) >= 11 is 1.38. The molecule has 0 saturated heterocycles. The molecule has 13 nitrogen and oxygen atoms in total. The molecule has 6 unspecified atom stereocenters. The molecule has 0 aliphatic rings. The summed E-state index contributed by atoms with van der Waals surface area (Å²) in [5, 5.41) is 43.9. The number of carboxylic acids is 2. The van der Waals surface area contributed by atoms with Gasteiger partial charge in [-0.2, -0.15) is 11.8 Å². The van der Waals surface area contributed by atoms with E-state index in [1.807, 2.05) is 5.32 Å². The van der Waals surface area contributed by atoms with E-state index >= 15 is 0 Å². The predicted molar refractivity (Wildman–Crippen MR) is 115 cm³/mol. The number of nitrogens with one attached hydrogen (secondary N) is 3. The van der Waals surface area contributed by atoms with Crippen molar-refractivity contribution < 1.29 is 44.4 Å². The number of carbonyl (C=O) groups is 5. The monoisotopic (exact) mass is 480 g/mol. The molecule has 9 N–H and O–H groups in total. The molecule has 0 spiro atoms. The van der Waals surface area contributed by atoms with Crippen LogP contribution in [0.4, 0.5) is 0 Å². The molecule has 0 heterocycles. The molecule has 0 bridgehead atoms. The van der Waals surface area contributed by atoms with E-state index in [2.05, 4.69) is 10.6 Å². The third-order valence-corrected chi connectivity index (χ3v) is 5.00. The molecule has 0 aromatic rings. The summed E-state index contributed by atoms with van der Waals surface area (Å²) in [4.78, 5) is 59.2. The average molecular weight is 481 g/mol. The number of nitrogens with two attached hydrogens (primary N) is 1. The van der Waals surface area contributed by atoms with Gasteiger partial charge in [0.15, 0.2) is 6.04 Å². The Balaban J connectivity index is 5.34. The summed E-state index contributed by atoms with van der Waals surface area (Å²) in [6, 6.07) is -5.56. The summed E-state index contributed by atoms with van der Waals surface area (Å²) in [5.41, 5.74) is 5.66. The Bertz CT molecular complexity index is 675. The van der Waals surface area contributed by atoms with E-state index in [9.17, 15) is 34.2 Å². The van der Waals surface area contributed by atoms with Gasteiger partial charge in [0.2, 0.25) is 17.7 Å². The van der Waals surface area contributed by atoms with Gasteiger partial charge in [-0.1, -0.05) is 0 Å². The second kappa shape index (κ2) is 14.6. The number of hydrogen-bond donors (Lipinski definition) is 8. The Hall–Kier alpha value is -2.42. The fourth-order valence-corrected chi connectivity index (χ4v) is 2.96. The molecule has 0 aliphatic heterocycles. The molecule has 3 amide bonds. The van der Waals surface area contributed by atoms with Crippen LogP contribution in [-0.2, 0) is 24.0 Å². The lowest BCUT2D eigenvalue weighted by atomic mass is 10.1. The highest BCUT2D eigenvalue weighted by Gasteiger charge is 2.33. The molecular weight excluding hydrogens is 448 g/mol. The summed E-state index contributed by atoms with van der Waals surface area (Å²) in [6.45, 7) is 2.34. The third kappa shape index (κ3) is 10.7. The van der Waals surface area contributed by atoms with Crippen LogP contribution in [0, 0.1) is 0 Å². The summed E-state index contributed by atoms with van der Waals surface area (Å²) in [5.74, 6) is -4.84. The number of aliphatic carboxylic acids is 2. The van der Waals surface area contributed by atoms with E-state index in [0.717, 1.165) is 6.92 Å². The first-order valence-electron chi connectivity index (χ1n) is 9.78. The van der Waals surface area contributed by atoms with Crippen LogP contribution >= 0.6 is 11.8 Å². The lowest BCUT2D eigenvalue weighted by Gasteiger charge is -2.27. The molecule has 0 aromatic heterocycles.